The largest absolute Gasteiger partial charge is 0.494 e. The smallest absolute Gasteiger partial charge is 0.158 e. The van der Waals surface area contributed by atoms with E-state index in [2.05, 4.69) is 45.3 Å². The molecule has 176 valence electrons. The molecule has 2 saturated heterocycles. The maximum atomic E-state index is 11.6. The first-order chi connectivity index (χ1) is 16.6. The highest BCUT2D eigenvalue weighted by Gasteiger charge is 2.29. The molecule has 3 aromatic rings. The van der Waals surface area contributed by atoms with Crippen LogP contribution >= 0.6 is 0 Å². The number of piperidine rings is 1. The number of Topliss-reactive ketones (excluding diaryl/α,β-unsaturated/α-hetero) is 1. The summed E-state index contributed by atoms with van der Waals surface area (Å²) in [5.41, 5.74) is 4.22. The summed E-state index contributed by atoms with van der Waals surface area (Å²) in [5, 5.41) is 5.26. The topological polar surface area (TPSA) is 79.8 Å². The standard InChI is InChI=1S/C26H29N5O3/c1-18-14-21(24(33-2)15-23(18)30-11-8-20(32)9-12-30)29-25-16-26(28-17-27-25)31-22(10-13-34-31)19-6-4-3-5-7-19/h3-7,14-17,22H,8-13H2,1-2H3,(H,27,28,29)/t22-/m1/s1. The SMILES string of the molecule is COc1cc(N2CCC(=O)CC2)c(C)cc1Nc1cc(N2OCC[C@@H]2c2ccccc2)ncn1. The molecule has 2 fully saturated rings. The van der Waals surface area contributed by atoms with E-state index in [1.54, 1.807) is 13.4 Å². The molecule has 5 rings (SSSR count). The van der Waals surface area contributed by atoms with E-state index < -0.39 is 0 Å². The third-order valence-electron chi connectivity index (χ3n) is 6.41. The Morgan fingerprint density at radius 3 is 2.65 bits per heavy atom. The van der Waals surface area contributed by atoms with Gasteiger partial charge in [-0.3, -0.25) is 9.63 Å². The molecule has 34 heavy (non-hydrogen) atoms. The highest BCUT2D eigenvalue weighted by atomic mass is 16.7. The van der Waals surface area contributed by atoms with Crippen LogP contribution in [0.25, 0.3) is 0 Å². The van der Waals surface area contributed by atoms with Gasteiger partial charge in [0.15, 0.2) is 5.82 Å². The average Bonchev–Trinajstić information content (AvgIpc) is 3.36. The number of benzene rings is 2. The van der Waals surface area contributed by atoms with Crippen molar-refractivity contribution in [2.75, 3.05) is 42.1 Å². The lowest BCUT2D eigenvalue weighted by molar-refractivity contribution is -0.119. The third-order valence-corrected chi connectivity index (χ3v) is 6.41. The van der Waals surface area contributed by atoms with Crippen LogP contribution in [0.15, 0.2) is 54.9 Å². The van der Waals surface area contributed by atoms with Crippen molar-refractivity contribution < 1.29 is 14.4 Å². The van der Waals surface area contributed by atoms with Crippen LogP contribution in [-0.4, -0.2) is 42.6 Å². The summed E-state index contributed by atoms with van der Waals surface area (Å²) in [5.74, 6) is 2.41. The molecular weight excluding hydrogens is 430 g/mol. The minimum atomic E-state index is 0.108. The molecule has 1 aromatic heterocycles. The summed E-state index contributed by atoms with van der Waals surface area (Å²) in [7, 11) is 1.66. The summed E-state index contributed by atoms with van der Waals surface area (Å²) in [6.07, 6.45) is 3.62. The number of ketones is 1. The van der Waals surface area contributed by atoms with Gasteiger partial charge in [0.2, 0.25) is 0 Å². The molecule has 0 bridgehead atoms. The van der Waals surface area contributed by atoms with Crippen LogP contribution in [0.3, 0.4) is 0 Å². The fourth-order valence-corrected chi connectivity index (χ4v) is 4.63. The number of carbonyl (C=O) groups is 1. The Balaban J connectivity index is 1.38. The van der Waals surface area contributed by atoms with Gasteiger partial charge in [-0.2, -0.15) is 0 Å². The van der Waals surface area contributed by atoms with Gasteiger partial charge in [-0.15, -0.1) is 0 Å². The van der Waals surface area contributed by atoms with Crippen molar-refractivity contribution in [2.45, 2.75) is 32.2 Å². The predicted molar refractivity (Wildman–Crippen MR) is 132 cm³/mol. The Bertz CT molecular complexity index is 1160. The van der Waals surface area contributed by atoms with Crippen LogP contribution in [0.2, 0.25) is 0 Å². The van der Waals surface area contributed by atoms with Crippen molar-refractivity contribution in [1.82, 2.24) is 9.97 Å². The van der Waals surface area contributed by atoms with E-state index in [-0.39, 0.29) is 6.04 Å². The summed E-state index contributed by atoms with van der Waals surface area (Å²) < 4.78 is 5.70. The lowest BCUT2D eigenvalue weighted by Crippen LogP contribution is -2.34. The Hall–Kier alpha value is -3.65. The second-order valence-corrected chi connectivity index (χ2v) is 8.63. The second kappa shape index (κ2) is 9.69. The van der Waals surface area contributed by atoms with E-state index in [1.165, 1.54) is 5.56 Å². The van der Waals surface area contributed by atoms with E-state index in [4.69, 9.17) is 9.57 Å². The van der Waals surface area contributed by atoms with Gasteiger partial charge in [0.05, 0.1) is 25.4 Å². The minimum absolute atomic E-state index is 0.108. The summed E-state index contributed by atoms with van der Waals surface area (Å²) in [4.78, 5) is 28.7. The first-order valence-electron chi connectivity index (χ1n) is 11.6. The van der Waals surface area contributed by atoms with Gasteiger partial charge in [-0.1, -0.05) is 30.3 Å². The number of hydrogen-bond acceptors (Lipinski definition) is 8. The van der Waals surface area contributed by atoms with Crippen molar-refractivity contribution >= 4 is 28.8 Å². The number of hydrogen-bond donors (Lipinski definition) is 1. The Morgan fingerprint density at radius 2 is 1.88 bits per heavy atom. The summed E-state index contributed by atoms with van der Waals surface area (Å²) in [6.45, 7) is 4.19. The molecule has 0 aliphatic carbocycles. The molecule has 2 aromatic carbocycles. The Kier molecular flexibility index (Phi) is 6.31. The van der Waals surface area contributed by atoms with Crippen molar-refractivity contribution in [3.05, 3.63) is 66.0 Å². The van der Waals surface area contributed by atoms with Crippen LogP contribution in [-0.2, 0) is 9.63 Å². The number of anilines is 4. The van der Waals surface area contributed by atoms with E-state index in [1.807, 2.05) is 35.4 Å². The molecule has 0 unspecified atom stereocenters. The van der Waals surface area contributed by atoms with Gasteiger partial charge in [0.1, 0.15) is 23.7 Å². The van der Waals surface area contributed by atoms with Gasteiger partial charge in [-0.05, 0) is 24.1 Å². The van der Waals surface area contributed by atoms with Crippen molar-refractivity contribution in [1.29, 1.82) is 0 Å². The number of nitrogens with zero attached hydrogens (tertiary/aromatic N) is 4. The van der Waals surface area contributed by atoms with Gasteiger partial charge < -0.3 is 15.0 Å². The van der Waals surface area contributed by atoms with E-state index in [0.717, 1.165) is 42.2 Å². The van der Waals surface area contributed by atoms with Crippen LogP contribution in [0.5, 0.6) is 5.75 Å². The maximum Gasteiger partial charge on any atom is 0.158 e. The highest BCUT2D eigenvalue weighted by molar-refractivity contribution is 5.81. The lowest BCUT2D eigenvalue weighted by atomic mass is 10.0. The number of methoxy groups -OCH3 is 1. The van der Waals surface area contributed by atoms with Crippen LogP contribution in [0, 0.1) is 6.92 Å². The van der Waals surface area contributed by atoms with E-state index >= 15 is 0 Å². The van der Waals surface area contributed by atoms with Gasteiger partial charge in [0.25, 0.3) is 0 Å². The highest BCUT2D eigenvalue weighted by Crippen LogP contribution is 2.37. The number of aryl methyl sites for hydroxylation is 1. The number of aromatic nitrogens is 2. The maximum absolute atomic E-state index is 11.6. The molecule has 1 N–H and O–H groups in total. The molecule has 3 heterocycles. The molecular formula is C26H29N5O3. The zero-order valence-corrected chi connectivity index (χ0v) is 19.5. The van der Waals surface area contributed by atoms with Gasteiger partial charge >= 0.3 is 0 Å². The fraction of sp³-hybridized carbons (Fsp3) is 0.346. The van der Waals surface area contributed by atoms with Gasteiger partial charge in [-0.25, -0.2) is 15.0 Å². The lowest BCUT2D eigenvalue weighted by Gasteiger charge is -2.30. The first kappa shape index (κ1) is 22.2. The number of rotatable bonds is 6. The van der Waals surface area contributed by atoms with E-state index in [0.29, 0.717) is 36.9 Å². The van der Waals surface area contributed by atoms with E-state index in [9.17, 15) is 4.79 Å². The quantitative estimate of drug-likeness (QED) is 0.573. The molecule has 0 amide bonds. The monoisotopic (exact) mass is 459 g/mol. The van der Waals surface area contributed by atoms with Crippen LogP contribution in [0.4, 0.5) is 23.0 Å². The molecule has 0 spiro atoms. The molecule has 1 atom stereocenters. The molecule has 2 aliphatic rings. The predicted octanol–water partition coefficient (Wildman–Crippen LogP) is 4.59. The van der Waals surface area contributed by atoms with Crippen molar-refractivity contribution in [2.24, 2.45) is 0 Å². The third kappa shape index (κ3) is 4.54. The number of hydroxylamine groups is 1. The summed E-state index contributed by atoms with van der Waals surface area (Å²) >= 11 is 0. The number of ether oxygens (including phenoxy) is 1. The zero-order chi connectivity index (χ0) is 23.5. The first-order valence-corrected chi connectivity index (χ1v) is 11.6. The number of carbonyl (C=O) groups excluding carboxylic acids is 1. The van der Waals surface area contributed by atoms with Crippen molar-refractivity contribution in [3.63, 3.8) is 0 Å². The Morgan fingerprint density at radius 1 is 1.09 bits per heavy atom. The van der Waals surface area contributed by atoms with Gasteiger partial charge in [0, 0.05) is 50.2 Å². The number of nitrogens with one attached hydrogen (secondary N) is 1. The van der Waals surface area contributed by atoms with Crippen LogP contribution in [0.1, 0.15) is 36.4 Å². The summed E-state index contributed by atoms with van der Waals surface area (Å²) in [6, 6.07) is 16.4. The molecule has 0 saturated carbocycles. The Labute approximate surface area is 199 Å². The average molecular weight is 460 g/mol. The van der Waals surface area contributed by atoms with Crippen molar-refractivity contribution in [3.8, 4) is 5.75 Å². The molecule has 8 nitrogen and oxygen atoms in total. The molecule has 8 heteroatoms. The minimum Gasteiger partial charge on any atom is -0.494 e. The second-order valence-electron chi connectivity index (χ2n) is 8.63. The zero-order valence-electron chi connectivity index (χ0n) is 19.5. The van der Waals surface area contributed by atoms with Crippen LogP contribution < -0.4 is 20.0 Å². The molecule has 2 aliphatic heterocycles. The molecule has 0 radical (unpaired) electrons. The fourth-order valence-electron chi connectivity index (χ4n) is 4.63. The normalized spacial score (nSPS) is 18.3.